The van der Waals surface area contributed by atoms with Crippen LogP contribution in [0.5, 0.6) is 0 Å². The zero-order valence-corrected chi connectivity index (χ0v) is 9.33. The number of hydrogen-bond acceptors (Lipinski definition) is 3. The second kappa shape index (κ2) is 3.72. The van der Waals surface area contributed by atoms with Crippen LogP contribution in [0.2, 0.25) is 5.02 Å². The molecule has 0 unspecified atom stereocenters. The minimum atomic E-state index is 0.740. The van der Waals surface area contributed by atoms with Crippen molar-refractivity contribution in [3.05, 3.63) is 35.5 Å². The van der Waals surface area contributed by atoms with Crippen LogP contribution in [0.3, 0.4) is 0 Å². The number of aromatic nitrogens is 2. The zero-order chi connectivity index (χ0) is 11.0. The molecule has 0 fully saturated rings. The summed E-state index contributed by atoms with van der Waals surface area (Å²) in [6.07, 6.45) is 1.98. The van der Waals surface area contributed by atoms with Crippen LogP contribution in [0.15, 0.2) is 30.5 Å². The minimum absolute atomic E-state index is 0.740. The van der Waals surface area contributed by atoms with Crippen LogP contribution >= 0.6 is 11.6 Å². The number of imidazole rings is 1. The van der Waals surface area contributed by atoms with Crippen LogP contribution in [0.4, 0.5) is 5.95 Å². The fraction of sp³-hybridized carbons (Fsp3) is 0.182. The van der Waals surface area contributed by atoms with E-state index in [2.05, 4.69) is 15.7 Å². The molecule has 1 aliphatic rings. The van der Waals surface area contributed by atoms with E-state index in [-0.39, 0.29) is 0 Å². The monoisotopic (exact) mass is 234 g/mol. The van der Waals surface area contributed by atoms with Crippen LogP contribution in [0.1, 0.15) is 0 Å². The summed E-state index contributed by atoms with van der Waals surface area (Å²) >= 11 is 5.85. The summed E-state index contributed by atoms with van der Waals surface area (Å²) in [5.41, 5.74) is 5.23. The van der Waals surface area contributed by atoms with Crippen molar-refractivity contribution in [2.24, 2.45) is 0 Å². The molecule has 0 spiro atoms. The van der Waals surface area contributed by atoms with Gasteiger partial charge in [0.05, 0.1) is 11.9 Å². The van der Waals surface area contributed by atoms with Gasteiger partial charge in [-0.1, -0.05) is 23.7 Å². The molecule has 2 aromatic rings. The molecular formula is C11H11ClN4. The third kappa shape index (κ3) is 1.61. The second-order valence-corrected chi connectivity index (χ2v) is 4.10. The molecule has 3 rings (SSSR count). The van der Waals surface area contributed by atoms with Crippen LogP contribution in [-0.2, 0) is 0 Å². The minimum Gasteiger partial charge on any atom is -0.352 e. The van der Waals surface area contributed by atoms with E-state index in [1.165, 1.54) is 0 Å². The van der Waals surface area contributed by atoms with Crippen molar-refractivity contribution in [1.82, 2.24) is 9.66 Å². The summed E-state index contributed by atoms with van der Waals surface area (Å²) in [5, 5.41) is 3.97. The SMILES string of the molecule is Clc1ccc(-c2cn3c(n2)NCCN3)cc1. The van der Waals surface area contributed by atoms with Gasteiger partial charge >= 0.3 is 0 Å². The van der Waals surface area contributed by atoms with Crippen molar-refractivity contribution in [3.63, 3.8) is 0 Å². The van der Waals surface area contributed by atoms with E-state index in [0.717, 1.165) is 35.3 Å². The van der Waals surface area contributed by atoms with Crippen LogP contribution in [0.25, 0.3) is 11.3 Å². The summed E-state index contributed by atoms with van der Waals surface area (Å²) in [7, 11) is 0. The molecule has 1 aromatic carbocycles. The Bertz CT molecular complexity index is 480. The summed E-state index contributed by atoms with van der Waals surface area (Å²) in [6.45, 7) is 1.81. The summed E-state index contributed by atoms with van der Waals surface area (Å²) in [4.78, 5) is 4.50. The Morgan fingerprint density at radius 3 is 2.75 bits per heavy atom. The number of benzene rings is 1. The molecule has 0 bridgehead atoms. The summed E-state index contributed by atoms with van der Waals surface area (Å²) in [5.74, 6) is 0.858. The highest BCUT2D eigenvalue weighted by Crippen LogP contribution is 2.22. The van der Waals surface area contributed by atoms with E-state index in [1.54, 1.807) is 0 Å². The third-order valence-corrected chi connectivity index (χ3v) is 2.79. The first-order valence-corrected chi connectivity index (χ1v) is 5.54. The first kappa shape index (κ1) is 9.54. The second-order valence-electron chi connectivity index (χ2n) is 3.66. The summed E-state index contributed by atoms with van der Waals surface area (Å²) in [6, 6.07) is 7.68. The van der Waals surface area contributed by atoms with Crippen LogP contribution < -0.4 is 10.7 Å². The number of halogens is 1. The van der Waals surface area contributed by atoms with Gasteiger partial charge in [0.15, 0.2) is 0 Å². The number of anilines is 1. The maximum absolute atomic E-state index is 5.85. The molecule has 16 heavy (non-hydrogen) atoms. The van der Waals surface area contributed by atoms with Gasteiger partial charge in [-0.25, -0.2) is 9.66 Å². The van der Waals surface area contributed by atoms with E-state index < -0.39 is 0 Å². The number of nitrogens with zero attached hydrogens (tertiary/aromatic N) is 2. The van der Waals surface area contributed by atoms with E-state index in [1.807, 2.05) is 35.1 Å². The Hall–Kier alpha value is -1.68. The van der Waals surface area contributed by atoms with Crippen LogP contribution in [-0.4, -0.2) is 22.7 Å². The predicted octanol–water partition coefficient (Wildman–Crippen LogP) is 2.17. The molecule has 1 aliphatic heterocycles. The average Bonchev–Trinajstić information content (AvgIpc) is 2.73. The van der Waals surface area contributed by atoms with Gasteiger partial charge in [0, 0.05) is 23.7 Å². The quantitative estimate of drug-likeness (QED) is 0.795. The Morgan fingerprint density at radius 1 is 1.19 bits per heavy atom. The van der Waals surface area contributed by atoms with Gasteiger partial charge in [-0.3, -0.25) is 0 Å². The topological polar surface area (TPSA) is 41.9 Å². The van der Waals surface area contributed by atoms with Gasteiger partial charge in [0.25, 0.3) is 0 Å². The van der Waals surface area contributed by atoms with E-state index >= 15 is 0 Å². The molecule has 0 saturated heterocycles. The molecule has 0 radical (unpaired) electrons. The molecule has 0 aliphatic carbocycles. The van der Waals surface area contributed by atoms with Crippen LogP contribution in [0, 0.1) is 0 Å². The molecule has 4 nitrogen and oxygen atoms in total. The smallest absolute Gasteiger partial charge is 0.222 e. The molecule has 2 N–H and O–H groups in total. The molecule has 0 amide bonds. The number of hydrogen-bond donors (Lipinski definition) is 2. The predicted molar refractivity (Wildman–Crippen MR) is 65.4 cm³/mol. The highest BCUT2D eigenvalue weighted by Gasteiger charge is 2.11. The van der Waals surface area contributed by atoms with Crippen molar-refractivity contribution >= 4 is 17.5 Å². The maximum atomic E-state index is 5.85. The van der Waals surface area contributed by atoms with Crippen molar-refractivity contribution < 1.29 is 0 Å². The van der Waals surface area contributed by atoms with Crippen molar-refractivity contribution in [3.8, 4) is 11.3 Å². The van der Waals surface area contributed by atoms with E-state index in [0.29, 0.717) is 0 Å². The fourth-order valence-corrected chi connectivity index (χ4v) is 1.86. The normalized spacial score (nSPS) is 13.8. The molecule has 82 valence electrons. The Morgan fingerprint density at radius 2 is 2.00 bits per heavy atom. The highest BCUT2D eigenvalue weighted by molar-refractivity contribution is 6.30. The zero-order valence-electron chi connectivity index (χ0n) is 8.57. The first-order valence-electron chi connectivity index (χ1n) is 5.16. The summed E-state index contributed by atoms with van der Waals surface area (Å²) < 4.78 is 1.91. The third-order valence-electron chi connectivity index (χ3n) is 2.54. The molecule has 0 atom stereocenters. The van der Waals surface area contributed by atoms with E-state index in [9.17, 15) is 0 Å². The number of nitrogens with one attached hydrogen (secondary N) is 2. The standard InChI is InChI=1S/C11H11ClN4/c12-9-3-1-8(2-4-9)10-7-16-11(15-10)13-5-6-14-16/h1-4,7,14H,5-6H2,(H,13,15). The first-order chi connectivity index (χ1) is 7.83. The molecule has 0 saturated carbocycles. The lowest BCUT2D eigenvalue weighted by atomic mass is 10.2. The fourth-order valence-electron chi connectivity index (χ4n) is 1.74. The van der Waals surface area contributed by atoms with Gasteiger partial charge in [-0.2, -0.15) is 0 Å². The Labute approximate surface area is 98.2 Å². The lowest BCUT2D eigenvalue weighted by Crippen LogP contribution is -2.29. The van der Waals surface area contributed by atoms with Gasteiger partial charge < -0.3 is 10.7 Å². The lowest BCUT2D eigenvalue weighted by molar-refractivity contribution is 0.793. The Kier molecular flexibility index (Phi) is 2.22. The van der Waals surface area contributed by atoms with Gasteiger partial charge in [0.2, 0.25) is 5.95 Å². The molecular weight excluding hydrogens is 224 g/mol. The Balaban J connectivity index is 2.00. The highest BCUT2D eigenvalue weighted by atomic mass is 35.5. The van der Waals surface area contributed by atoms with E-state index in [4.69, 9.17) is 11.6 Å². The molecule has 5 heteroatoms. The van der Waals surface area contributed by atoms with Gasteiger partial charge in [-0.05, 0) is 12.1 Å². The maximum Gasteiger partial charge on any atom is 0.222 e. The van der Waals surface area contributed by atoms with Crippen molar-refractivity contribution in [2.75, 3.05) is 23.8 Å². The van der Waals surface area contributed by atoms with Gasteiger partial charge in [0.1, 0.15) is 0 Å². The number of fused-ring (bicyclic) bond motifs is 1. The lowest BCUT2D eigenvalue weighted by Gasteiger charge is -2.16. The molecule has 1 aromatic heterocycles. The van der Waals surface area contributed by atoms with Gasteiger partial charge in [-0.15, -0.1) is 0 Å². The molecule has 2 heterocycles. The van der Waals surface area contributed by atoms with Crippen molar-refractivity contribution in [1.29, 1.82) is 0 Å². The largest absolute Gasteiger partial charge is 0.352 e. The average molecular weight is 235 g/mol. The number of rotatable bonds is 1. The van der Waals surface area contributed by atoms with Crippen molar-refractivity contribution in [2.45, 2.75) is 0 Å².